The number of Topliss-reactive ketones (excluding diaryl/α,β-unsaturated/α-hetero) is 1. The van der Waals surface area contributed by atoms with Gasteiger partial charge in [-0.1, -0.05) is 40.8 Å². The van der Waals surface area contributed by atoms with Gasteiger partial charge in [0.15, 0.2) is 11.4 Å². The molecule has 5 rings (SSSR count). The summed E-state index contributed by atoms with van der Waals surface area (Å²) in [6.45, 7) is 0. The third-order valence-electron chi connectivity index (χ3n) is 5.22. The predicted molar refractivity (Wildman–Crippen MR) is 111 cm³/mol. The first-order valence-corrected chi connectivity index (χ1v) is 10.3. The topological polar surface area (TPSA) is 93.1 Å². The summed E-state index contributed by atoms with van der Waals surface area (Å²) in [6, 6.07) is 14.2. The van der Waals surface area contributed by atoms with Gasteiger partial charge in [-0.25, -0.2) is 4.79 Å². The molecule has 2 aliphatic heterocycles. The molecular formula is C22H13IO6. The minimum atomic E-state index is -1.35. The molecule has 0 fully saturated rings. The number of aromatic hydroxyl groups is 2. The van der Waals surface area contributed by atoms with Gasteiger partial charge in [0.25, 0.3) is 0 Å². The van der Waals surface area contributed by atoms with Gasteiger partial charge in [-0.2, -0.15) is 0 Å². The Bertz CT molecular complexity index is 1160. The maximum Gasteiger partial charge on any atom is 0.340 e. The zero-order valence-electron chi connectivity index (χ0n) is 14.8. The highest BCUT2D eigenvalue weighted by atomic mass is 127. The number of hydrogen-bond acceptors (Lipinski definition) is 6. The molecular weight excluding hydrogens is 487 g/mol. The van der Waals surface area contributed by atoms with E-state index in [4.69, 9.17) is 9.47 Å². The Morgan fingerprint density at radius 3 is 2.14 bits per heavy atom. The number of hydrogen-bond donors (Lipinski definition) is 2. The van der Waals surface area contributed by atoms with Gasteiger partial charge in [0.05, 0.1) is 9.99 Å². The zero-order valence-corrected chi connectivity index (χ0v) is 17.0. The summed E-state index contributed by atoms with van der Waals surface area (Å²) in [5.74, 6) is -0.195. The Morgan fingerprint density at radius 1 is 0.931 bits per heavy atom. The maximum absolute atomic E-state index is 13.0. The third-order valence-corrected chi connectivity index (χ3v) is 5.92. The molecule has 1 spiro atoms. The van der Waals surface area contributed by atoms with Crippen LogP contribution >= 0.6 is 22.6 Å². The molecule has 0 atom stereocenters. The van der Waals surface area contributed by atoms with E-state index in [1.807, 2.05) is 22.6 Å². The quantitative estimate of drug-likeness (QED) is 0.236. The highest BCUT2D eigenvalue weighted by Crippen LogP contribution is 2.57. The van der Waals surface area contributed by atoms with E-state index in [-0.39, 0.29) is 27.3 Å². The first-order valence-electron chi connectivity index (χ1n) is 8.76. The zero-order chi connectivity index (χ0) is 20.3. The van der Waals surface area contributed by atoms with Crippen LogP contribution in [0.5, 0.6) is 23.0 Å². The molecule has 0 aliphatic carbocycles. The first-order chi connectivity index (χ1) is 14.0. The van der Waals surface area contributed by atoms with Crippen molar-refractivity contribution in [2.24, 2.45) is 0 Å². The van der Waals surface area contributed by atoms with Crippen LogP contribution in [0.1, 0.15) is 37.4 Å². The van der Waals surface area contributed by atoms with Gasteiger partial charge in [-0.3, -0.25) is 4.79 Å². The standard InChI is InChI=1S/C22H13IO6/c23-10-17(26)13-2-1-3-16-20(13)21(27)29-22(16)14-6-4-11(24)8-18(14)28-19-9-12(25)5-7-15(19)22/h1-9,24-25H,10H2. The molecule has 144 valence electrons. The van der Waals surface area contributed by atoms with E-state index < -0.39 is 11.6 Å². The fourth-order valence-electron chi connectivity index (χ4n) is 4.05. The molecule has 2 aliphatic rings. The number of carbonyl (C=O) groups excluding carboxylic acids is 2. The third kappa shape index (κ3) is 2.40. The van der Waals surface area contributed by atoms with Gasteiger partial charge in [-0.15, -0.1) is 0 Å². The average Bonchev–Trinajstić information content (AvgIpc) is 3.00. The molecule has 0 saturated carbocycles. The summed E-state index contributed by atoms with van der Waals surface area (Å²) in [6.07, 6.45) is 0. The number of esters is 1. The van der Waals surface area contributed by atoms with E-state index in [1.165, 1.54) is 24.3 Å². The molecule has 2 heterocycles. The van der Waals surface area contributed by atoms with Gasteiger partial charge >= 0.3 is 5.97 Å². The molecule has 3 aromatic carbocycles. The minimum Gasteiger partial charge on any atom is -0.508 e. The van der Waals surface area contributed by atoms with Gasteiger partial charge in [0.1, 0.15) is 23.0 Å². The molecule has 6 nitrogen and oxygen atoms in total. The van der Waals surface area contributed by atoms with Crippen LogP contribution in [0.25, 0.3) is 0 Å². The number of alkyl halides is 1. The second-order valence-electron chi connectivity index (χ2n) is 6.82. The van der Waals surface area contributed by atoms with Crippen molar-refractivity contribution < 1.29 is 29.3 Å². The molecule has 29 heavy (non-hydrogen) atoms. The lowest BCUT2D eigenvalue weighted by molar-refractivity contribution is 0.0223. The molecule has 0 unspecified atom stereocenters. The average molecular weight is 500 g/mol. The Kier molecular flexibility index (Phi) is 3.86. The summed E-state index contributed by atoms with van der Waals surface area (Å²) in [5.41, 5.74) is 0.776. The Labute approximate surface area is 178 Å². The number of halogens is 1. The number of benzene rings is 3. The SMILES string of the molecule is O=C(CI)c1cccc2c1C(=O)OC21c2ccc(O)cc2Oc2cc(O)ccc21. The van der Waals surface area contributed by atoms with E-state index in [0.717, 1.165) is 0 Å². The monoisotopic (exact) mass is 500 g/mol. The molecule has 0 amide bonds. The molecule has 0 aromatic heterocycles. The van der Waals surface area contributed by atoms with Crippen molar-refractivity contribution >= 4 is 34.3 Å². The van der Waals surface area contributed by atoms with E-state index in [1.54, 1.807) is 30.3 Å². The largest absolute Gasteiger partial charge is 0.508 e. The smallest absolute Gasteiger partial charge is 0.340 e. The maximum atomic E-state index is 13.0. The van der Waals surface area contributed by atoms with Crippen LogP contribution in [0.4, 0.5) is 0 Å². The second kappa shape index (κ2) is 6.21. The summed E-state index contributed by atoms with van der Waals surface area (Å²) in [7, 11) is 0. The molecule has 7 heteroatoms. The van der Waals surface area contributed by atoms with Crippen molar-refractivity contribution in [1.29, 1.82) is 0 Å². The minimum absolute atomic E-state index is 0.0131. The lowest BCUT2D eigenvalue weighted by Gasteiger charge is -2.36. The Hall–Kier alpha value is -3.07. The number of phenolic OH excluding ortho intramolecular Hbond substituents is 2. The molecule has 0 radical (unpaired) electrons. The van der Waals surface area contributed by atoms with Crippen LogP contribution in [0.2, 0.25) is 0 Å². The van der Waals surface area contributed by atoms with Crippen molar-refractivity contribution in [2.75, 3.05) is 4.43 Å². The fourth-order valence-corrected chi connectivity index (χ4v) is 4.46. The van der Waals surface area contributed by atoms with Crippen molar-refractivity contribution in [1.82, 2.24) is 0 Å². The second-order valence-corrected chi connectivity index (χ2v) is 7.58. The van der Waals surface area contributed by atoms with Gasteiger partial charge < -0.3 is 19.7 Å². The summed E-state index contributed by atoms with van der Waals surface area (Å²) in [5, 5.41) is 19.9. The lowest BCUT2D eigenvalue weighted by Crippen LogP contribution is -2.32. The van der Waals surface area contributed by atoms with E-state index in [0.29, 0.717) is 33.8 Å². The van der Waals surface area contributed by atoms with Crippen LogP contribution in [-0.2, 0) is 10.3 Å². The number of rotatable bonds is 2. The van der Waals surface area contributed by atoms with E-state index >= 15 is 0 Å². The van der Waals surface area contributed by atoms with Crippen LogP contribution < -0.4 is 4.74 Å². The fraction of sp³-hybridized carbons (Fsp3) is 0.0909. The predicted octanol–water partition coefficient (Wildman–Crippen LogP) is 4.28. The summed E-state index contributed by atoms with van der Waals surface area (Å²) in [4.78, 5) is 25.5. The first kappa shape index (κ1) is 18.0. The van der Waals surface area contributed by atoms with Gasteiger partial charge in [0, 0.05) is 34.4 Å². The van der Waals surface area contributed by atoms with Crippen molar-refractivity contribution in [3.05, 3.63) is 82.4 Å². The summed E-state index contributed by atoms with van der Waals surface area (Å²) < 4.78 is 12.1. The number of ether oxygens (including phenoxy) is 2. The Morgan fingerprint density at radius 2 is 1.55 bits per heavy atom. The number of carbonyl (C=O) groups is 2. The van der Waals surface area contributed by atoms with E-state index in [9.17, 15) is 19.8 Å². The van der Waals surface area contributed by atoms with Crippen LogP contribution in [-0.4, -0.2) is 26.4 Å². The lowest BCUT2D eigenvalue weighted by atomic mass is 9.77. The van der Waals surface area contributed by atoms with Crippen LogP contribution in [0, 0.1) is 0 Å². The van der Waals surface area contributed by atoms with E-state index in [2.05, 4.69) is 0 Å². The van der Waals surface area contributed by atoms with Crippen LogP contribution in [0.15, 0.2) is 54.6 Å². The van der Waals surface area contributed by atoms with Gasteiger partial charge in [-0.05, 0) is 24.3 Å². The molecule has 2 N–H and O–H groups in total. The van der Waals surface area contributed by atoms with Crippen molar-refractivity contribution in [3.63, 3.8) is 0 Å². The number of fused-ring (bicyclic) bond motifs is 6. The molecule has 0 saturated heterocycles. The summed E-state index contributed by atoms with van der Waals surface area (Å²) >= 11 is 1.97. The van der Waals surface area contributed by atoms with Crippen molar-refractivity contribution in [2.45, 2.75) is 5.60 Å². The normalized spacial score (nSPS) is 15.1. The molecule has 0 bridgehead atoms. The van der Waals surface area contributed by atoms with Gasteiger partial charge in [0.2, 0.25) is 0 Å². The Balaban J connectivity index is 1.89. The number of phenols is 2. The highest BCUT2D eigenvalue weighted by Gasteiger charge is 2.54. The van der Waals surface area contributed by atoms with Crippen LogP contribution in [0.3, 0.4) is 0 Å². The molecule has 3 aromatic rings. The highest BCUT2D eigenvalue weighted by molar-refractivity contribution is 14.1. The van der Waals surface area contributed by atoms with Crippen molar-refractivity contribution in [3.8, 4) is 23.0 Å². The number of ketones is 1.